The van der Waals surface area contributed by atoms with E-state index in [1.165, 1.54) is 0 Å². The number of alkyl halides is 3. The summed E-state index contributed by atoms with van der Waals surface area (Å²) in [5.74, 6) is -0.548. The molecule has 0 aliphatic heterocycles. The first-order valence-electron chi connectivity index (χ1n) is 6.51. The second kappa shape index (κ2) is 7.17. The van der Waals surface area contributed by atoms with E-state index in [9.17, 15) is 18.0 Å². The molecule has 0 radical (unpaired) electrons. The number of carbonyl (C=O) groups excluding carboxylic acids is 1. The lowest BCUT2D eigenvalue weighted by atomic mass is 10.1. The number of nitrogens with zero attached hydrogens (tertiary/aromatic N) is 1. The van der Waals surface area contributed by atoms with Gasteiger partial charge in [-0.05, 0) is 18.1 Å². The van der Waals surface area contributed by atoms with Crippen LogP contribution in [0.5, 0.6) is 0 Å². The number of nitrogens with two attached hydrogens (primary N) is 1. The molecule has 1 amide bonds. The number of nitrogen functional groups attached to an aromatic ring is 1. The van der Waals surface area contributed by atoms with Gasteiger partial charge in [-0.3, -0.25) is 4.79 Å². The fourth-order valence-corrected chi connectivity index (χ4v) is 1.83. The smallest absolute Gasteiger partial charge is 0.398 e. The van der Waals surface area contributed by atoms with Crippen molar-refractivity contribution in [3.63, 3.8) is 0 Å². The molecule has 0 bridgehead atoms. The highest BCUT2D eigenvalue weighted by Gasteiger charge is 2.32. The van der Waals surface area contributed by atoms with Gasteiger partial charge in [0.05, 0.1) is 6.42 Å². The quantitative estimate of drug-likeness (QED) is 0.818. The van der Waals surface area contributed by atoms with Crippen LogP contribution in [0.2, 0.25) is 0 Å². The molecule has 1 rings (SSSR count). The van der Waals surface area contributed by atoms with Gasteiger partial charge in [0.1, 0.15) is 6.54 Å². The number of halogens is 3. The van der Waals surface area contributed by atoms with Crippen LogP contribution < -0.4 is 5.73 Å². The number of anilines is 1. The standard InChI is InChI=1S/C14H19F3N2O/c1-2-3-8-19(10-14(15,16)17)13(20)9-11-6-4-5-7-12(11)18/h4-7H,2-3,8-10,18H2,1H3. The van der Waals surface area contributed by atoms with Crippen LogP contribution in [0.15, 0.2) is 24.3 Å². The van der Waals surface area contributed by atoms with E-state index in [0.717, 1.165) is 11.3 Å². The molecule has 1 aromatic rings. The van der Waals surface area contributed by atoms with E-state index in [0.29, 0.717) is 17.7 Å². The molecule has 0 fully saturated rings. The molecule has 0 aromatic heterocycles. The summed E-state index contributed by atoms with van der Waals surface area (Å²) in [6.07, 6.45) is -3.21. The average molecular weight is 288 g/mol. The van der Waals surface area contributed by atoms with Gasteiger partial charge in [0.2, 0.25) is 5.91 Å². The lowest BCUT2D eigenvalue weighted by Crippen LogP contribution is -2.40. The normalized spacial score (nSPS) is 11.4. The van der Waals surface area contributed by atoms with Gasteiger partial charge in [-0.1, -0.05) is 31.5 Å². The van der Waals surface area contributed by atoms with E-state index in [2.05, 4.69) is 0 Å². The van der Waals surface area contributed by atoms with Crippen LogP contribution in [0.4, 0.5) is 18.9 Å². The average Bonchev–Trinajstić information content (AvgIpc) is 2.36. The van der Waals surface area contributed by atoms with Gasteiger partial charge >= 0.3 is 6.18 Å². The molecule has 0 heterocycles. The highest BCUT2D eigenvalue weighted by atomic mass is 19.4. The zero-order valence-corrected chi connectivity index (χ0v) is 11.4. The first kappa shape index (κ1) is 16.3. The molecular weight excluding hydrogens is 269 g/mol. The van der Waals surface area contributed by atoms with Crippen LogP contribution in [-0.2, 0) is 11.2 Å². The molecule has 0 saturated heterocycles. The third kappa shape index (κ3) is 5.50. The number of rotatable bonds is 6. The summed E-state index contributed by atoms with van der Waals surface area (Å²) in [6, 6.07) is 6.70. The zero-order valence-electron chi connectivity index (χ0n) is 11.4. The Labute approximate surface area is 116 Å². The highest BCUT2D eigenvalue weighted by Crippen LogP contribution is 2.19. The largest absolute Gasteiger partial charge is 0.406 e. The highest BCUT2D eigenvalue weighted by molar-refractivity contribution is 5.80. The summed E-state index contributed by atoms with van der Waals surface area (Å²) in [4.78, 5) is 12.9. The maximum absolute atomic E-state index is 12.5. The van der Waals surface area contributed by atoms with Crippen LogP contribution in [0.1, 0.15) is 25.3 Å². The van der Waals surface area contributed by atoms with Crippen molar-refractivity contribution in [3.8, 4) is 0 Å². The maximum atomic E-state index is 12.5. The van der Waals surface area contributed by atoms with Gasteiger partial charge in [0.25, 0.3) is 0 Å². The Bertz CT molecular complexity index is 446. The molecule has 0 spiro atoms. The molecule has 0 aliphatic carbocycles. The molecule has 0 atom stereocenters. The fraction of sp³-hybridized carbons (Fsp3) is 0.500. The second-order valence-corrected chi connectivity index (χ2v) is 4.66. The van der Waals surface area contributed by atoms with Gasteiger partial charge in [-0.2, -0.15) is 13.2 Å². The number of amides is 1. The van der Waals surface area contributed by atoms with Crippen LogP contribution in [0, 0.1) is 0 Å². The Balaban J connectivity index is 2.75. The molecule has 0 unspecified atom stereocenters. The first-order chi connectivity index (χ1) is 9.33. The van der Waals surface area contributed by atoms with Crippen LogP contribution >= 0.6 is 0 Å². The Kier molecular flexibility index (Phi) is 5.85. The number of carbonyl (C=O) groups is 1. The van der Waals surface area contributed by atoms with E-state index in [1.807, 2.05) is 6.92 Å². The summed E-state index contributed by atoms with van der Waals surface area (Å²) in [6.45, 7) is 0.769. The minimum Gasteiger partial charge on any atom is -0.398 e. The van der Waals surface area contributed by atoms with E-state index in [1.54, 1.807) is 24.3 Å². The molecular formula is C14H19F3N2O. The molecule has 112 valence electrons. The molecule has 1 aromatic carbocycles. The number of hydrogen-bond donors (Lipinski definition) is 1. The first-order valence-corrected chi connectivity index (χ1v) is 6.51. The number of unbranched alkanes of at least 4 members (excludes halogenated alkanes) is 1. The van der Waals surface area contributed by atoms with Crippen molar-refractivity contribution in [1.29, 1.82) is 0 Å². The van der Waals surface area contributed by atoms with Crippen molar-refractivity contribution >= 4 is 11.6 Å². The van der Waals surface area contributed by atoms with E-state index in [4.69, 9.17) is 5.73 Å². The minimum atomic E-state index is -4.38. The lowest BCUT2D eigenvalue weighted by Gasteiger charge is -2.24. The van der Waals surface area contributed by atoms with Gasteiger partial charge in [-0.25, -0.2) is 0 Å². The molecule has 0 aliphatic rings. The lowest BCUT2D eigenvalue weighted by molar-refractivity contribution is -0.160. The van der Waals surface area contributed by atoms with Gasteiger partial charge < -0.3 is 10.6 Å². The number of para-hydroxylation sites is 1. The fourth-order valence-electron chi connectivity index (χ4n) is 1.83. The Hall–Kier alpha value is -1.72. The van der Waals surface area contributed by atoms with Crippen molar-refractivity contribution in [2.45, 2.75) is 32.4 Å². The predicted octanol–water partition coefficient (Wildman–Crippen LogP) is 3.00. The van der Waals surface area contributed by atoms with Gasteiger partial charge in [0.15, 0.2) is 0 Å². The zero-order chi connectivity index (χ0) is 15.2. The molecule has 6 heteroatoms. The molecule has 2 N–H and O–H groups in total. The predicted molar refractivity (Wildman–Crippen MR) is 72.1 cm³/mol. The van der Waals surface area contributed by atoms with E-state index >= 15 is 0 Å². The minimum absolute atomic E-state index is 0.105. The molecule has 3 nitrogen and oxygen atoms in total. The number of benzene rings is 1. The Morgan fingerprint density at radius 1 is 1.30 bits per heavy atom. The van der Waals surface area contributed by atoms with E-state index < -0.39 is 18.6 Å². The third-order valence-corrected chi connectivity index (χ3v) is 2.90. The summed E-state index contributed by atoms with van der Waals surface area (Å²) in [7, 11) is 0. The number of hydrogen-bond acceptors (Lipinski definition) is 2. The molecule has 20 heavy (non-hydrogen) atoms. The SMILES string of the molecule is CCCCN(CC(F)(F)F)C(=O)Cc1ccccc1N. The topological polar surface area (TPSA) is 46.3 Å². The van der Waals surface area contributed by atoms with Crippen molar-refractivity contribution in [2.24, 2.45) is 0 Å². The Morgan fingerprint density at radius 2 is 1.95 bits per heavy atom. The second-order valence-electron chi connectivity index (χ2n) is 4.66. The molecule has 0 saturated carbocycles. The third-order valence-electron chi connectivity index (χ3n) is 2.90. The van der Waals surface area contributed by atoms with Crippen molar-refractivity contribution in [2.75, 3.05) is 18.8 Å². The Morgan fingerprint density at radius 3 is 2.50 bits per heavy atom. The monoisotopic (exact) mass is 288 g/mol. The summed E-state index contributed by atoms with van der Waals surface area (Å²) in [5.41, 5.74) is 6.68. The van der Waals surface area contributed by atoms with Gasteiger partial charge in [0, 0.05) is 12.2 Å². The maximum Gasteiger partial charge on any atom is 0.406 e. The van der Waals surface area contributed by atoms with E-state index in [-0.39, 0.29) is 13.0 Å². The van der Waals surface area contributed by atoms with Crippen molar-refractivity contribution in [3.05, 3.63) is 29.8 Å². The van der Waals surface area contributed by atoms with Crippen molar-refractivity contribution in [1.82, 2.24) is 4.90 Å². The summed E-state index contributed by atoms with van der Waals surface area (Å²) >= 11 is 0. The van der Waals surface area contributed by atoms with Crippen molar-refractivity contribution < 1.29 is 18.0 Å². The van der Waals surface area contributed by atoms with Gasteiger partial charge in [-0.15, -0.1) is 0 Å². The summed E-state index contributed by atoms with van der Waals surface area (Å²) < 4.78 is 37.5. The summed E-state index contributed by atoms with van der Waals surface area (Å²) in [5, 5.41) is 0. The van der Waals surface area contributed by atoms with Crippen LogP contribution in [-0.4, -0.2) is 30.1 Å². The van der Waals surface area contributed by atoms with Crippen LogP contribution in [0.3, 0.4) is 0 Å². The van der Waals surface area contributed by atoms with Crippen LogP contribution in [0.25, 0.3) is 0 Å².